The number of ether oxygens (including phenoxy) is 2. The standard InChI is InChI=1S/C28H40N2O5/c1-5-6-7-8-11-18-29-27-15-14-24(25-12-9-10-13-26(25)27)16-17-28(30-21(2)31,19-34-22(3)32)20-35-23(4)33/h9-10,12-15,29H,5-8,11,16-20H2,1-4H3,(H,30,31). The first kappa shape index (κ1) is 28.1. The molecule has 0 aliphatic rings. The summed E-state index contributed by atoms with van der Waals surface area (Å²) in [6.07, 6.45) is 7.20. The van der Waals surface area contributed by atoms with Gasteiger partial charge in [-0.25, -0.2) is 0 Å². The summed E-state index contributed by atoms with van der Waals surface area (Å²) >= 11 is 0. The predicted molar refractivity (Wildman–Crippen MR) is 139 cm³/mol. The molecule has 0 bridgehead atoms. The molecule has 0 aromatic heterocycles. The third-order valence-electron chi connectivity index (χ3n) is 6.03. The third kappa shape index (κ3) is 9.59. The fourth-order valence-corrected chi connectivity index (χ4v) is 4.23. The summed E-state index contributed by atoms with van der Waals surface area (Å²) in [7, 11) is 0. The van der Waals surface area contributed by atoms with E-state index in [1.807, 2.05) is 12.1 Å². The van der Waals surface area contributed by atoms with Crippen molar-refractivity contribution in [3.05, 3.63) is 42.0 Å². The highest BCUT2D eigenvalue weighted by Crippen LogP contribution is 2.29. The van der Waals surface area contributed by atoms with E-state index in [9.17, 15) is 14.4 Å². The Morgan fingerprint density at radius 1 is 0.829 bits per heavy atom. The van der Waals surface area contributed by atoms with E-state index in [1.165, 1.54) is 46.5 Å². The van der Waals surface area contributed by atoms with E-state index in [0.717, 1.165) is 35.0 Å². The van der Waals surface area contributed by atoms with E-state index < -0.39 is 17.5 Å². The number of carbonyl (C=O) groups is 3. The van der Waals surface area contributed by atoms with E-state index in [2.05, 4.69) is 41.8 Å². The second-order valence-electron chi connectivity index (χ2n) is 9.18. The highest BCUT2D eigenvalue weighted by molar-refractivity contribution is 5.96. The molecule has 0 spiro atoms. The van der Waals surface area contributed by atoms with Gasteiger partial charge in [-0.1, -0.05) is 62.9 Å². The summed E-state index contributed by atoms with van der Waals surface area (Å²) in [4.78, 5) is 35.0. The molecule has 0 fully saturated rings. The monoisotopic (exact) mass is 484 g/mol. The molecule has 7 heteroatoms. The number of benzene rings is 2. The molecular formula is C28H40N2O5. The van der Waals surface area contributed by atoms with Crippen molar-refractivity contribution in [3.8, 4) is 0 Å². The van der Waals surface area contributed by atoms with Crippen LogP contribution in [0.25, 0.3) is 10.8 Å². The van der Waals surface area contributed by atoms with Crippen LogP contribution in [0.15, 0.2) is 36.4 Å². The van der Waals surface area contributed by atoms with Gasteiger partial charge >= 0.3 is 11.9 Å². The Balaban J connectivity index is 2.21. The second kappa shape index (κ2) is 14.3. The first-order chi connectivity index (χ1) is 16.8. The molecule has 0 heterocycles. The lowest BCUT2D eigenvalue weighted by Gasteiger charge is -2.33. The number of unbranched alkanes of at least 4 members (excludes halogenated alkanes) is 4. The number of esters is 2. The molecular weight excluding hydrogens is 444 g/mol. The van der Waals surface area contributed by atoms with Gasteiger partial charge in [0.15, 0.2) is 0 Å². The van der Waals surface area contributed by atoms with Gasteiger partial charge in [-0.2, -0.15) is 0 Å². The summed E-state index contributed by atoms with van der Waals surface area (Å²) in [5.41, 5.74) is 1.20. The number of amides is 1. The fraction of sp³-hybridized carbons (Fsp3) is 0.536. The van der Waals surface area contributed by atoms with Gasteiger partial charge in [-0.3, -0.25) is 14.4 Å². The van der Waals surface area contributed by atoms with Crippen molar-refractivity contribution in [2.75, 3.05) is 25.1 Å². The van der Waals surface area contributed by atoms with Crippen LogP contribution in [0.5, 0.6) is 0 Å². The van der Waals surface area contributed by atoms with Crippen molar-refractivity contribution >= 4 is 34.3 Å². The highest BCUT2D eigenvalue weighted by Gasteiger charge is 2.34. The Labute approximate surface area is 208 Å². The smallest absolute Gasteiger partial charge is 0.302 e. The summed E-state index contributed by atoms with van der Waals surface area (Å²) in [6, 6.07) is 12.4. The van der Waals surface area contributed by atoms with E-state index >= 15 is 0 Å². The maximum Gasteiger partial charge on any atom is 0.302 e. The fourth-order valence-electron chi connectivity index (χ4n) is 4.23. The van der Waals surface area contributed by atoms with Crippen LogP contribution in [0.1, 0.15) is 71.8 Å². The molecule has 2 rings (SSSR count). The average Bonchev–Trinajstić information content (AvgIpc) is 2.82. The molecule has 0 atom stereocenters. The Bertz CT molecular complexity index is 970. The van der Waals surface area contributed by atoms with Crippen LogP contribution in [0.4, 0.5) is 5.69 Å². The Kier molecular flexibility index (Phi) is 11.5. The quantitative estimate of drug-likeness (QED) is 0.268. The topological polar surface area (TPSA) is 93.7 Å². The van der Waals surface area contributed by atoms with Crippen LogP contribution >= 0.6 is 0 Å². The highest BCUT2D eigenvalue weighted by atomic mass is 16.5. The van der Waals surface area contributed by atoms with Gasteiger partial charge in [0, 0.05) is 38.4 Å². The number of rotatable bonds is 15. The van der Waals surface area contributed by atoms with Crippen LogP contribution in [-0.4, -0.2) is 43.1 Å². The maximum atomic E-state index is 12.0. The van der Waals surface area contributed by atoms with Gasteiger partial charge in [0.1, 0.15) is 18.8 Å². The van der Waals surface area contributed by atoms with Crippen LogP contribution in [-0.2, 0) is 30.3 Å². The molecule has 192 valence electrons. The molecule has 0 saturated heterocycles. The van der Waals surface area contributed by atoms with E-state index in [4.69, 9.17) is 9.47 Å². The zero-order chi connectivity index (χ0) is 25.7. The van der Waals surface area contributed by atoms with Crippen molar-refractivity contribution < 1.29 is 23.9 Å². The van der Waals surface area contributed by atoms with Crippen molar-refractivity contribution in [2.45, 2.75) is 78.2 Å². The zero-order valence-corrected chi connectivity index (χ0v) is 21.6. The Morgan fingerprint density at radius 3 is 2.06 bits per heavy atom. The zero-order valence-electron chi connectivity index (χ0n) is 21.6. The first-order valence-corrected chi connectivity index (χ1v) is 12.6. The molecule has 1 amide bonds. The molecule has 0 unspecified atom stereocenters. The van der Waals surface area contributed by atoms with Gasteiger partial charge in [0.25, 0.3) is 0 Å². The number of hydrogen-bond acceptors (Lipinski definition) is 6. The summed E-state index contributed by atoms with van der Waals surface area (Å²) in [5.74, 6) is -1.20. The molecule has 2 aromatic rings. The van der Waals surface area contributed by atoms with E-state index in [0.29, 0.717) is 12.8 Å². The van der Waals surface area contributed by atoms with Crippen LogP contribution in [0.3, 0.4) is 0 Å². The molecule has 0 radical (unpaired) electrons. The Morgan fingerprint density at radius 2 is 1.46 bits per heavy atom. The Hall–Kier alpha value is -3.09. The number of hydrogen-bond donors (Lipinski definition) is 2. The van der Waals surface area contributed by atoms with Crippen LogP contribution in [0.2, 0.25) is 0 Å². The molecule has 0 aliphatic carbocycles. The molecule has 0 aliphatic heterocycles. The summed E-state index contributed by atoms with van der Waals surface area (Å²) in [5, 5.41) is 8.73. The maximum absolute atomic E-state index is 12.0. The van der Waals surface area contributed by atoms with Gasteiger partial charge in [-0.05, 0) is 36.3 Å². The minimum atomic E-state index is -1.01. The van der Waals surface area contributed by atoms with E-state index in [1.54, 1.807) is 0 Å². The van der Waals surface area contributed by atoms with Gasteiger partial charge < -0.3 is 20.1 Å². The van der Waals surface area contributed by atoms with Gasteiger partial charge in [0.2, 0.25) is 5.91 Å². The summed E-state index contributed by atoms with van der Waals surface area (Å²) in [6.45, 7) is 7.02. The van der Waals surface area contributed by atoms with Crippen molar-refractivity contribution in [1.29, 1.82) is 0 Å². The summed E-state index contributed by atoms with van der Waals surface area (Å²) < 4.78 is 10.5. The van der Waals surface area contributed by atoms with Gasteiger partial charge in [-0.15, -0.1) is 0 Å². The molecule has 35 heavy (non-hydrogen) atoms. The number of anilines is 1. The van der Waals surface area contributed by atoms with Gasteiger partial charge in [0.05, 0.1) is 0 Å². The normalized spacial score (nSPS) is 11.2. The first-order valence-electron chi connectivity index (χ1n) is 12.6. The minimum absolute atomic E-state index is 0.0786. The molecule has 0 saturated carbocycles. The minimum Gasteiger partial charge on any atom is -0.463 e. The SMILES string of the molecule is CCCCCCCNc1ccc(CCC(COC(C)=O)(COC(C)=O)NC(C)=O)c2ccccc12. The second-order valence-corrected chi connectivity index (χ2v) is 9.18. The van der Waals surface area contributed by atoms with Crippen molar-refractivity contribution in [1.82, 2.24) is 5.32 Å². The predicted octanol–water partition coefficient (Wildman–Crippen LogP) is 5.16. The third-order valence-corrected chi connectivity index (χ3v) is 6.03. The lowest BCUT2D eigenvalue weighted by molar-refractivity contribution is -0.150. The van der Waals surface area contributed by atoms with Crippen LogP contribution in [0, 0.1) is 0 Å². The van der Waals surface area contributed by atoms with Crippen molar-refractivity contribution in [3.63, 3.8) is 0 Å². The van der Waals surface area contributed by atoms with E-state index in [-0.39, 0.29) is 19.1 Å². The number of carbonyl (C=O) groups excluding carboxylic acids is 3. The lowest BCUT2D eigenvalue weighted by atomic mass is 9.90. The molecule has 7 nitrogen and oxygen atoms in total. The van der Waals surface area contributed by atoms with Crippen molar-refractivity contribution in [2.24, 2.45) is 0 Å². The average molecular weight is 485 g/mol. The number of fused-ring (bicyclic) bond motifs is 1. The van der Waals surface area contributed by atoms with Crippen LogP contribution < -0.4 is 10.6 Å². The lowest BCUT2D eigenvalue weighted by Crippen LogP contribution is -2.55. The molecule has 2 aromatic carbocycles. The number of nitrogens with one attached hydrogen (secondary N) is 2. The largest absolute Gasteiger partial charge is 0.463 e. The molecule has 2 N–H and O–H groups in total. The number of aryl methyl sites for hydroxylation is 1.